The zero-order valence-corrected chi connectivity index (χ0v) is 14.0. The molecule has 1 aliphatic heterocycles. The maximum atomic E-state index is 12.8. The molecule has 1 fully saturated rings. The Hall–Kier alpha value is -0.860. The molecular weight excluding hydrogens is 250 g/mol. The molecule has 0 bridgehead atoms. The Bertz CT molecular complexity index is 347. The molecule has 0 aromatic rings. The van der Waals surface area contributed by atoms with Crippen molar-refractivity contribution in [3.05, 3.63) is 0 Å². The second-order valence-electron chi connectivity index (χ2n) is 7.23. The molecule has 0 saturated carbocycles. The Kier molecular flexibility index (Phi) is 6.22. The predicted octanol–water partition coefficient (Wildman–Crippen LogP) is 3.52. The van der Waals surface area contributed by atoms with Gasteiger partial charge in [0, 0.05) is 18.4 Å². The minimum absolute atomic E-state index is 0.0102. The highest BCUT2D eigenvalue weighted by atomic mass is 16.2. The van der Waals surface area contributed by atoms with Gasteiger partial charge in [0.05, 0.1) is 6.04 Å². The van der Waals surface area contributed by atoms with E-state index in [9.17, 15) is 9.59 Å². The number of hydrogen-bond donors (Lipinski definition) is 0. The second-order valence-corrected chi connectivity index (χ2v) is 7.23. The number of nitrogens with zero attached hydrogens (tertiary/aromatic N) is 1. The number of carbonyl (C=O) groups excluding carboxylic acids is 2. The van der Waals surface area contributed by atoms with Gasteiger partial charge in [0.15, 0.2) is 5.78 Å². The van der Waals surface area contributed by atoms with Crippen LogP contribution < -0.4 is 0 Å². The molecule has 20 heavy (non-hydrogen) atoms. The summed E-state index contributed by atoms with van der Waals surface area (Å²) in [6, 6.07) is -0.170. The number of likely N-dealkylation sites (tertiary alicyclic amines) is 1. The summed E-state index contributed by atoms with van der Waals surface area (Å²) >= 11 is 0. The van der Waals surface area contributed by atoms with Crippen LogP contribution in [-0.2, 0) is 9.59 Å². The fourth-order valence-corrected chi connectivity index (χ4v) is 3.09. The Morgan fingerprint density at radius 3 is 2.15 bits per heavy atom. The molecule has 2 atom stereocenters. The van der Waals surface area contributed by atoms with Crippen molar-refractivity contribution in [2.75, 3.05) is 6.54 Å². The van der Waals surface area contributed by atoms with Gasteiger partial charge < -0.3 is 4.90 Å². The third kappa shape index (κ3) is 4.07. The van der Waals surface area contributed by atoms with Crippen molar-refractivity contribution in [1.82, 2.24) is 4.90 Å². The minimum atomic E-state index is -0.170. The summed E-state index contributed by atoms with van der Waals surface area (Å²) in [5.41, 5.74) is 0. The highest BCUT2D eigenvalue weighted by Crippen LogP contribution is 2.28. The van der Waals surface area contributed by atoms with E-state index in [4.69, 9.17) is 0 Å². The number of amides is 1. The smallest absolute Gasteiger partial charge is 0.226 e. The second kappa shape index (κ2) is 7.24. The molecule has 1 aliphatic rings. The summed E-state index contributed by atoms with van der Waals surface area (Å²) in [6.07, 6.45) is 2.71. The van der Waals surface area contributed by atoms with Crippen LogP contribution in [-0.4, -0.2) is 29.2 Å². The van der Waals surface area contributed by atoms with Crippen molar-refractivity contribution in [3.63, 3.8) is 0 Å². The van der Waals surface area contributed by atoms with Crippen LogP contribution in [0.1, 0.15) is 60.8 Å². The number of Topliss-reactive ketones (excluding diaryl/α,β-unsaturated/α-hetero) is 1. The van der Waals surface area contributed by atoms with Crippen LogP contribution in [0.3, 0.4) is 0 Å². The summed E-state index contributed by atoms with van der Waals surface area (Å²) in [7, 11) is 0. The SMILES string of the molecule is CC(C)C[C@@H](C(=O)N1CCCC1C(=O)C(C)C)C(C)C. The van der Waals surface area contributed by atoms with E-state index in [-0.39, 0.29) is 29.6 Å². The molecule has 3 nitrogen and oxygen atoms in total. The Labute approximate surface area is 124 Å². The van der Waals surface area contributed by atoms with Crippen LogP contribution in [0.15, 0.2) is 0 Å². The van der Waals surface area contributed by atoms with Crippen LogP contribution in [0.2, 0.25) is 0 Å². The lowest BCUT2D eigenvalue weighted by atomic mass is 9.86. The lowest BCUT2D eigenvalue weighted by Gasteiger charge is -2.31. The van der Waals surface area contributed by atoms with Gasteiger partial charge in [-0.05, 0) is 31.1 Å². The van der Waals surface area contributed by atoms with Gasteiger partial charge >= 0.3 is 0 Å². The number of carbonyl (C=O) groups is 2. The number of rotatable bonds is 6. The van der Waals surface area contributed by atoms with Gasteiger partial charge in [-0.25, -0.2) is 0 Å². The highest BCUT2D eigenvalue weighted by molar-refractivity contribution is 5.91. The molecule has 0 aromatic carbocycles. The molecule has 0 aliphatic carbocycles. The van der Waals surface area contributed by atoms with Gasteiger partial charge in [0.2, 0.25) is 5.91 Å². The van der Waals surface area contributed by atoms with Crippen molar-refractivity contribution >= 4 is 11.7 Å². The average molecular weight is 281 g/mol. The molecule has 1 saturated heterocycles. The maximum absolute atomic E-state index is 12.8. The van der Waals surface area contributed by atoms with E-state index in [1.165, 1.54) is 0 Å². The summed E-state index contributed by atoms with van der Waals surface area (Å²) in [5, 5.41) is 0. The lowest BCUT2D eigenvalue weighted by Crippen LogP contribution is -2.46. The fraction of sp³-hybridized carbons (Fsp3) is 0.882. The molecule has 0 N–H and O–H groups in total. The number of ketones is 1. The summed E-state index contributed by atoms with van der Waals surface area (Å²) in [5.74, 6) is 1.33. The molecule has 0 aromatic heterocycles. The first-order valence-electron chi connectivity index (χ1n) is 8.09. The zero-order valence-electron chi connectivity index (χ0n) is 14.0. The van der Waals surface area contributed by atoms with E-state index < -0.39 is 0 Å². The molecule has 1 heterocycles. The monoisotopic (exact) mass is 281 g/mol. The van der Waals surface area contributed by atoms with Crippen LogP contribution in [0, 0.1) is 23.7 Å². The molecule has 1 amide bonds. The first-order chi connectivity index (χ1) is 9.25. The molecule has 0 spiro atoms. The van der Waals surface area contributed by atoms with Gasteiger partial charge in [0.25, 0.3) is 0 Å². The van der Waals surface area contributed by atoms with E-state index in [1.54, 1.807) is 0 Å². The fourth-order valence-electron chi connectivity index (χ4n) is 3.09. The normalized spacial score (nSPS) is 21.1. The van der Waals surface area contributed by atoms with Gasteiger partial charge in [-0.1, -0.05) is 41.5 Å². The van der Waals surface area contributed by atoms with Crippen molar-refractivity contribution in [1.29, 1.82) is 0 Å². The maximum Gasteiger partial charge on any atom is 0.226 e. The van der Waals surface area contributed by atoms with Crippen molar-refractivity contribution < 1.29 is 9.59 Å². The Balaban J connectivity index is 2.84. The minimum Gasteiger partial charge on any atom is -0.332 e. The van der Waals surface area contributed by atoms with Gasteiger partial charge in [0.1, 0.15) is 0 Å². The predicted molar refractivity (Wildman–Crippen MR) is 82.4 cm³/mol. The van der Waals surface area contributed by atoms with Crippen molar-refractivity contribution in [2.24, 2.45) is 23.7 Å². The molecule has 116 valence electrons. The van der Waals surface area contributed by atoms with E-state index in [0.717, 1.165) is 25.8 Å². The topological polar surface area (TPSA) is 37.4 Å². The van der Waals surface area contributed by atoms with Gasteiger partial charge in [-0.2, -0.15) is 0 Å². The molecule has 1 rings (SSSR count). The Morgan fingerprint density at radius 2 is 1.70 bits per heavy atom. The standard InChI is InChI=1S/C17H31NO2/c1-11(2)10-14(12(3)4)17(20)18-9-7-8-15(18)16(19)13(5)6/h11-15H,7-10H2,1-6H3/t14-,15?/m1/s1. The van der Waals surface area contributed by atoms with E-state index in [1.807, 2.05) is 18.7 Å². The molecule has 3 heteroatoms. The van der Waals surface area contributed by atoms with E-state index in [0.29, 0.717) is 11.8 Å². The quantitative estimate of drug-likeness (QED) is 0.747. The third-order valence-electron chi connectivity index (χ3n) is 4.28. The average Bonchev–Trinajstić information content (AvgIpc) is 2.82. The van der Waals surface area contributed by atoms with E-state index in [2.05, 4.69) is 27.7 Å². The zero-order chi connectivity index (χ0) is 15.4. The molecular formula is C17H31NO2. The first-order valence-corrected chi connectivity index (χ1v) is 8.09. The summed E-state index contributed by atoms with van der Waals surface area (Å²) < 4.78 is 0. The first kappa shape index (κ1) is 17.2. The molecule has 0 radical (unpaired) electrons. The van der Waals surface area contributed by atoms with E-state index >= 15 is 0 Å². The van der Waals surface area contributed by atoms with Crippen molar-refractivity contribution in [2.45, 2.75) is 66.8 Å². The third-order valence-corrected chi connectivity index (χ3v) is 4.28. The van der Waals surface area contributed by atoms with Crippen LogP contribution in [0.5, 0.6) is 0 Å². The summed E-state index contributed by atoms with van der Waals surface area (Å²) in [4.78, 5) is 27.0. The van der Waals surface area contributed by atoms with Gasteiger partial charge in [-0.15, -0.1) is 0 Å². The van der Waals surface area contributed by atoms with Crippen LogP contribution in [0.25, 0.3) is 0 Å². The van der Waals surface area contributed by atoms with Crippen molar-refractivity contribution in [3.8, 4) is 0 Å². The van der Waals surface area contributed by atoms with Crippen LogP contribution in [0.4, 0.5) is 0 Å². The lowest BCUT2D eigenvalue weighted by molar-refractivity contribution is -0.143. The highest BCUT2D eigenvalue weighted by Gasteiger charge is 2.38. The summed E-state index contributed by atoms with van der Waals surface area (Å²) in [6.45, 7) is 13.1. The van der Waals surface area contributed by atoms with Gasteiger partial charge in [-0.3, -0.25) is 9.59 Å². The van der Waals surface area contributed by atoms with Crippen LogP contribution >= 0.6 is 0 Å². The molecule has 1 unspecified atom stereocenters. The number of hydrogen-bond acceptors (Lipinski definition) is 2. The largest absolute Gasteiger partial charge is 0.332 e. The Morgan fingerprint density at radius 1 is 1.10 bits per heavy atom.